The Kier molecular flexibility index (Phi) is 7.61. The normalized spacial score (nSPS) is 18.9. The average molecular weight is 395 g/mol. The molecule has 0 radical (unpaired) electrons. The van der Waals surface area contributed by atoms with Crippen LogP contribution in [-0.4, -0.2) is 34.9 Å². The molecule has 154 valence electrons. The highest BCUT2D eigenvalue weighted by Gasteiger charge is 2.35. The second-order valence-corrected chi connectivity index (χ2v) is 7.52. The molecular weight excluding hydrogens is 364 g/mol. The third-order valence-electron chi connectivity index (χ3n) is 5.39. The molecule has 0 spiro atoms. The van der Waals surface area contributed by atoms with Crippen LogP contribution in [0.1, 0.15) is 49.8 Å². The number of piperidine rings is 1. The van der Waals surface area contributed by atoms with Gasteiger partial charge in [-0.15, -0.1) is 0 Å². The molecule has 0 saturated carbocycles. The van der Waals surface area contributed by atoms with Gasteiger partial charge in [-0.3, -0.25) is 9.78 Å². The maximum absolute atomic E-state index is 12.9. The average Bonchev–Trinajstić information content (AvgIpc) is 2.78. The SMILES string of the molecule is CCCCNC(=O)N1C[C@H](C(=O)NCc2cccnc2)CC[C@@H]1c1ccccc1. The first kappa shape index (κ1) is 20.8. The van der Waals surface area contributed by atoms with E-state index < -0.39 is 0 Å². The molecule has 6 nitrogen and oxygen atoms in total. The first-order chi connectivity index (χ1) is 14.2. The standard InChI is InChI=1S/C23H30N4O2/c1-2-3-14-25-23(29)27-17-20(11-12-21(27)19-9-5-4-6-10-19)22(28)26-16-18-8-7-13-24-15-18/h4-10,13,15,20-21H,2-3,11-12,14,16-17H2,1H3,(H,25,29)(H,26,28)/t20-,21-/m1/s1. The summed E-state index contributed by atoms with van der Waals surface area (Å²) in [5, 5.41) is 6.02. The zero-order chi connectivity index (χ0) is 20.5. The highest BCUT2D eigenvalue weighted by Crippen LogP contribution is 2.33. The van der Waals surface area contributed by atoms with Crippen LogP contribution in [0.15, 0.2) is 54.9 Å². The van der Waals surface area contributed by atoms with Crippen LogP contribution in [0.25, 0.3) is 0 Å². The summed E-state index contributed by atoms with van der Waals surface area (Å²) in [6.07, 6.45) is 6.98. The van der Waals surface area contributed by atoms with Crippen molar-refractivity contribution >= 4 is 11.9 Å². The highest BCUT2D eigenvalue weighted by atomic mass is 16.2. The van der Waals surface area contributed by atoms with Crippen molar-refractivity contribution in [2.75, 3.05) is 13.1 Å². The molecule has 3 amide bonds. The molecule has 29 heavy (non-hydrogen) atoms. The van der Waals surface area contributed by atoms with Crippen molar-refractivity contribution in [1.82, 2.24) is 20.5 Å². The Morgan fingerprint density at radius 2 is 1.93 bits per heavy atom. The molecule has 1 saturated heterocycles. The van der Waals surface area contributed by atoms with E-state index in [1.165, 1.54) is 0 Å². The lowest BCUT2D eigenvalue weighted by atomic mass is 9.88. The fourth-order valence-electron chi connectivity index (χ4n) is 3.74. The van der Waals surface area contributed by atoms with Gasteiger partial charge in [-0.25, -0.2) is 4.79 Å². The number of amides is 3. The Morgan fingerprint density at radius 3 is 2.66 bits per heavy atom. The van der Waals surface area contributed by atoms with Crippen LogP contribution in [0.3, 0.4) is 0 Å². The van der Waals surface area contributed by atoms with Crippen LogP contribution in [0.2, 0.25) is 0 Å². The van der Waals surface area contributed by atoms with Crippen LogP contribution >= 0.6 is 0 Å². The Hall–Kier alpha value is -2.89. The summed E-state index contributed by atoms with van der Waals surface area (Å²) in [6, 6.07) is 13.8. The highest BCUT2D eigenvalue weighted by molar-refractivity contribution is 5.81. The number of hydrogen-bond acceptors (Lipinski definition) is 3. The Morgan fingerprint density at radius 1 is 1.10 bits per heavy atom. The first-order valence-corrected chi connectivity index (χ1v) is 10.4. The second-order valence-electron chi connectivity index (χ2n) is 7.52. The fraction of sp³-hybridized carbons (Fsp3) is 0.435. The van der Waals surface area contributed by atoms with Gasteiger partial charge >= 0.3 is 6.03 Å². The first-order valence-electron chi connectivity index (χ1n) is 10.4. The summed E-state index contributed by atoms with van der Waals surface area (Å²) in [5.74, 6) is -0.213. The molecule has 0 aliphatic carbocycles. The van der Waals surface area contributed by atoms with Crippen molar-refractivity contribution in [2.45, 2.75) is 45.2 Å². The van der Waals surface area contributed by atoms with Gasteiger partial charge in [-0.2, -0.15) is 0 Å². The van der Waals surface area contributed by atoms with Crippen LogP contribution in [0, 0.1) is 5.92 Å². The zero-order valence-electron chi connectivity index (χ0n) is 17.0. The molecule has 2 atom stereocenters. The summed E-state index contributed by atoms with van der Waals surface area (Å²) in [4.78, 5) is 31.5. The number of nitrogens with one attached hydrogen (secondary N) is 2. The predicted molar refractivity (Wildman–Crippen MR) is 113 cm³/mol. The predicted octanol–water partition coefficient (Wildman–Crippen LogP) is 3.66. The molecule has 1 aliphatic heterocycles. The van der Waals surface area contributed by atoms with Crippen molar-refractivity contribution < 1.29 is 9.59 Å². The van der Waals surface area contributed by atoms with Gasteiger partial charge in [-0.05, 0) is 36.5 Å². The van der Waals surface area contributed by atoms with E-state index in [-0.39, 0.29) is 23.9 Å². The topological polar surface area (TPSA) is 74.3 Å². The Labute approximate surface area is 172 Å². The molecule has 1 fully saturated rings. The number of unbranched alkanes of at least 4 members (excludes halogenated alkanes) is 1. The van der Waals surface area contributed by atoms with Gasteiger partial charge in [-0.1, -0.05) is 49.7 Å². The molecule has 0 bridgehead atoms. The van der Waals surface area contributed by atoms with E-state index in [4.69, 9.17) is 0 Å². The number of pyridine rings is 1. The van der Waals surface area contributed by atoms with Gasteiger partial charge in [0.25, 0.3) is 0 Å². The fourth-order valence-corrected chi connectivity index (χ4v) is 3.74. The van der Waals surface area contributed by atoms with E-state index in [0.29, 0.717) is 19.6 Å². The summed E-state index contributed by atoms with van der Waals surface area (Å²) in [5.41, 5.74) is 2.08. The van der Waals surface area contributed by atoms with E-state index in [0.717, 1.165) is 36.8 Å². The number of likely N-dealkylation sites (tertiary alicyclic amines) is 1. The van der Waals surface area contributed by atoms with E-state index in [2.05, 4.69) is 34.7 Å². The lowest BCUT2D eigenvalue weighted by Gasteiger charge is -2.39. The van der Waals surface area contributed by atoms with Gasteiger partial charge in [0, 0.05) is 32.0 Å². The number of hydrogen-bond donors (Lipinski definition) is 2. The van der Waals surface area contributed by atoms with E-state index in [9.17, 15) is 9.59 Å². The number of nitrogens with zero attached hydrogens (tertiary/aromatic N) is 2. The number of benzene rings is 1. The summed E-state index contributed by atoms with van der Waals surface area (Å²) in [7, 11) is 0. The Bertz CT molecular complexity index is 782. The molecule has 2 heterocycles. The lowest BCUT2D eigenvalue weighted by Crippen LogP contribution is -2.50. The van der Waals surface area contributed by atoms with Crippen molar-refractivity contribution in [3.05, 3.63) is 66.0 Å². The molecular formula is C23H30N4O2. The summed E-state index contributed by atoms with van der Waals surface area (Å²) < 4.78 is 0. The van der Waals surface area contributed by atoms with Gasteiger partial charge < -0.3 is 15.5 Å². The summed E-state index contributed by atoms with van der Waals surface area (Å²) >= 11 is 0. The van der Waals surface area contributed by atoms with Crippen molar-refractivity contribution in [3.8, 4) is 0 Å². The molecule has 0 unspecified atom stereocenters. The van der Waals surface area contributed by atoms with Gasteiger partial charge in [0.05, 0.1) is 12.0 Å². The van der Waals surface area contributed by atoms with Crippen LogP contribution in [0.4, 0.5) is 4.79 Å². The third kappa shape index (κ3) is 5.79. The second kappa shape index (κ2) is 10.6. The quantitative estimate of drug-likeness (QED) is 0.704. The third-order valence-corrected chi connectivity index (χ3v) is 5.39. The molecule has 6 heteroatoms. The van der Waals surface area contributed by atoms with Crippen LogP contribution in [0.5, 0.6) is 0 Å². The minimum absolute atomic E-state index is 0.000185. The molecule has 3 rings (SSSR count). The maximum Gasteiger partial charge on any atom is 0.317 e. The molecule has 2 aromatic rings. The monoisotopic (exact) mass is 394 g/mol. The number of rotatable bonds is 7. The minimum Gasteiger partial charge on any atom is -0.352 e. The summed E-state index contributed by atoms with van der Waals surface area (Å²) in [6.45, 7) is 3.64. The van der Waals surface area contributed by atoms with Crippen LogP contribution in [-0.2, 0) is 11.3 Å². The van der Waals surface area contributed by atoms with Gasteiger partial charge in [0.1, 0.15) is 0 Å². The van der Waals surface area contributed by atoms with Gasteiger partial charge in [0.15, 0.2) is 0 Å². The Balaban J connectivity index is 1.65. The largest absolute Gasteiger partial charge is 0.352 e. The van der Waals surface area contributed by atoms with Crippen molar-refractivity contribution in [1.29, 1.82) is 0 Å². The lowest BCUT2D eigenvalue weighted by molar-refractivity contribution is -0.126. The number of carbonyl (C=O) groups is 2. The zero-order valence-corrected chi connectivity index (χ0v) is 17.0. The van der Waals surface area contributed by atoms with Crippen LogP contribution < -0.4 is 10.6 Å². The number of aromatic nitrogens is 1. The minimum atomic E-state index is -0.205. The van der Waals surface area contributed by atoms with Crippen molar-refractivity contribution in [2.24, 2.45) is 5.92 Å². The van der Waals surface area contributed by atoms with E-state index >= 15 is 0 Å². The van der Waals surface area contributed by atoms with Crippen molar-refractivity contribution in [3.63, 3.8) is 0 Å². The molecule has 1 aliphatic rings. The van der Waals surface area contributed by atoms with E-state index in [1.807, 2.05) is 35.2 Å². The number of carbonyl (C=O) groups excluding carboxylic acids is 2. The maximum atomic E-state index is 12.9. The smallest absolute Gasteiger partial charge is 0.317 e. The van der Waals surface area contributed by atoms with Gasteiger partial charge in [0.2, 0.25) is 5.91 Å². The van der Waals surface area contributed by atoms with E-state index in [1.54, 1.807) is 12.4 Å². The number of urea groups is 1. The molecule has 1 aromatic heterocycles. The molecule has 1 aromatic carbocycles. The molecule has 2 N–H and O–H groups in total.